The third kappa shape index (κ3) is 2.63. The number of anilines is 1. The van der Waals surface area contributed by atoms with E-state index in [-0.39, 0.29) is 12.1 Å². The fourth-order valence-corrected chi connectivity index (χ4v) is 2.97. The highest BCUT2D eigenvalue weighted by atomic mass is 19.1. The first-order chi connectivity index (χ1) is 10.2. The summed E-state index contributed by atoms with van der Waals surface area (Å²) in [6.07, 6.45) is 0.920. The zero-order valence-electron chi connectivity index (χ0n) is 11.9. The number of hydrogen-bond acceptors (Lipinski definition) is 2. The van der Waals surface area contributed by atoms with E-state index in [0.717, 1.165) is 18.7 Å². The largest absolute Gasteiger partial charge is 0.367 e. The van der Waals surface area contributed by atoms with Crippen molar-refractivity contribution in [1.29, 1.82) is 0 Å². The average molecular weight is 288 g/mol. The summed E-state index contributed by atoms with van der Waals surface area (Å²) < 4.78 is 27.7. The van der Waals surface area contributed by atoms with Crippen LogP contribution in [0.5, 0.6) is 0 Å². The van der Waals surface area contributed by atoms with Crippen LogP contribution < -0.4 is 10.2 Å². The highest BCUT2D eigenvalue weighted by Gasteiger charge is 2.24. The minimum atomic E-state index is -0.483. The van der Waals surface area contributed by atoms with E-state index in [1.54, 1.807) is 0 Å². The van der Waals surface area contributed by atoms with Crippen molar-refractivity contribution in [2.75, 3.05) is 18.5 Å². The number of fused-ring (bicyclic) bond motifs is 1. The summed E-state index contributed by atoms with van der Waals surface area (Å²) in [6.45, 7) is 1.03. The van der Waals surface area contributed by atoms with Crippen molar-refractivity contribution in [3.63, 3.8) is 0 Å². The van der Waals surface area contributed by atoms with Gasteiger partial charge in [0.2, 0.25) is 0 Å². The van der Waals surface area contributed by atoms with E-state index >= 15 is 0 Å². The van der Waals surface area contributed by atoms with Crippen molar-refractivity contribution in [3.05, 3.63) is 65.2 Å². The van der Waals surface area contributed by atoms with Gasteiger partial charge < -0.3 is 10.2 Å². The summed E-state index contributed by atoms with van der Waals surface area (Å²) in [5.74, 6) is -0.966. The first-order valence-corrected chi connectivity index (χ1v) is 7.14. The van der Waals surface area contributed by atoms with E-state index in [1.165, 1.54) is 23.8 Å². The number of nitrogens with zero attached hydrogens (tertiary/aromatic N) is 1. The van der Waals surface area contributed by atoms with Gasteiger partial charge in [0.25, 0.3) is 0 Å². The lowest BCUT2D eigenvalue weighted by atomic mass is 9.96. The monoisotopic (exact) mass is 288 g/mol. The maximum Gasteiger partial charge on any atom is 0.131 e. The molecule has 1 heterocycles. The summed E-state index contributed by atoms with van der Waals surface area (Å²) in [7, 11) is 1.94. The van der Waals surface area contributed by atoms with E-state index in [1.807, 2.05) is 30.1 Å². The SMILES string of the molecule is CNC1CCN(Cc2c(F)cccc2F)c2ccccc21. The normalized spacial score (nSPS) is 17.7. The molecule has 1 aliphatic rings. The Hall–Kier alpha value is -1.94. The molecule has 0 saturated heterocycles. The first-order valence-electron chi connectivity index (χ1n) is 7.14. The van der Waals surface area contributed by atoms with Gasteiger partial charge in [-0.15, -0.1) is 0 Å². The first kappa shape index (κ1) is 14.0. The molecule has 4 heteroatoms. The molecule has 1 aliphatic heterocycles. The quantitative estimate of drug-likeness (QED) is 0.927. The van der Waals surface area contributed by atoms with Crippen LogP contribution in [0.4, 0.5) is 14.5 Å². The maximum absolute atomic E-state index is 13.8. The molecule has 2 nitrogen and oxygen atoms in total. The number of hydrogen-bond donors (Lipinski definition) is 1. The summed E-state index contributed by atoms with van der Waals surface area (Å²) in [5.41, 5.74) is 2.36. The van der Waals surface area contributed by atoms with Gasteiger partial charge in [-0.3, -0.25) is 0 Å². The lowest BCUT2D eigenvalue weighted by Crippen LogP contribution is -2.34. The van der Waals surface area contributed by atoms with E-state index in [4.69, 9.17) is 0 Å². The van der Waals surface area contributed by atoms with Crippen molar-refractivity contribution in [2.45, 2.75) is 19.0 Å². The lowest BCUT2D eigenvalue weighted by Gasteiger charge is -2.35. The second kappa shape index (κ2) is 5.82. The second-order valence-corrected chi connectivity index (χ2v) is 5.31. The molecule has 0 amide bonds. The zero-order chi connectivity index (χ0) is 14.8. The highest BCUT2D eigenvalue weighted by molar-refractivity contribution is 5.57. The molecule has 0 spiro atoms. The molecular formula is C17H18F2N2. The number of rotatable bonds is 3. The molecule has 0 fully saturated rings. The summed E-state index contributed by atoms with van der Waals surface area (Å²) >= 11 is 0. The fourth-order valence-electron chi connectivity index (χ4n) is 2.97. The minimum Gasteiger partial charge on any atom is -0.367 e. The fraction of sp³-hybridized carbons (Fsp3) is 0.294. The van der Waals surface area contributed by atoms with Gasteiger partial charge in [0, 0.05) is 30.4 Å². The van der Waals surface area contributed by atoms with Crippen LogP contribution in [0.3, 0.4) is 0 Å². The van der Waals surface area contributed by atoms with Gasteiger partial charge in [0.15, 0.2) is 0 Å². The lowest BCUT2D eigenvalue weighted by molar-refractivity contribution is 0.502. The standard InChI is InChI=1S/C17H18F2N2/c1-20-16-9-10-21(17-8-3-2-5-12(16)17)11-13-14(18)6-4-7-15(13)19/h2-8,16,20H,9-11H2,1H3. The molecule has 2 aromatic rings. The van der Waals surface area contributed by atoms with Gasteiger partial charge in [0.1, 0.15) is 11.6 Å². The Kier molecular flexibility index (Phi) is 3.88. The van der Waals surface area contributed by atoms with Gasteiger partial charge in [-0.05, 0) is 37.2 Å². The zero-order valence-corrected chi connectivity index (χ0v) is 11.9. The molecule has 0 saturated carbocycles. The van der Waals surface area contributed by atoms with Crippen LogP contribution >= 0.6 is 0 Å². The third-order valence-electron chi connectivity index (χ3n) is 4.10. The van der Waals surface area contributed by atoms with Crippen molar-refractivity contribution in [2.24, 2.45) is 0 Å². The Balaban J connectivity index is 1.94. The summed E-state index contributed by atoms with van der Waals surface area (Å²) in [5, 5.41) is 3.29. The van der Waals surface area contributed by atoms with Crippen LogP contribution in [0, 0.1) is 11.6 Å². The van der Waals surface area contributed by atoms with Crippen LogP contribution in [0.15, 0.2) is 42.5 Å². The Morgan fingerprint density at radius 2 is 1.81 bits per heavy atom. The molecule has 0 aromatic heterocycles. The van der Waals surface area contributed by atoms with Crippen LogP contribution in [-0.2, 0) is 6.54 Å². The van der Waals surface area contributed by atoms with Crippen molar-refractivity contribution in [3.8, 4) is 0 Å². The molecule has 0 aliphatic carbocycles. The predicted molar refractivity (Wildman–Crippen MR) is 80.3 cm³/mol. The highest BCUT2D eigenvalue weighted by Crippen LogP contribution is 2.34. The van der Waals surface area contributed by atoms with Crippen LogP contribution in [-0.4, -0.2) is 13.6 Å². The number of benzene rings is 2. The third-order valence-corrected chi connectivity index (χ3v) is 4.10. The Morgan fingerprint density at radius 3 is 2.52 bits per heavy atom. The Morgan fingerprint density at radius 1 is 1.10 bits per heavy atom. The van der Waals surface area contributed by atoms with Crippen LogP contribution in [0.2, 0.25) is 0 Å². The van der Waals surface area contributed by atoms with Crippen LogP contribution in [0.1, 0.15) is 23.6 Å². The predicted octanol–water partition coefficient (Wildman–Crippen LogP) is 3.64. The van der Waals surface area contributed by atoms with Crippen molar-refractivity contribution >= 4 is 5.69 Å². The molecule has 1 atom stereocenters. The summed E-state index contributed by atoms with van der Waals surface area (Å²) in [4.78, 5) is 2.05. The molecule has 1 unspecified atom stereocenters. The minimum absolute atomic E-state index is 0.134. The van der Waals surface area contributed by atoms with E-state index in [0.29, 0.717) is 6.04 Å². The molecule has 110 valence electrons. The maximum atomic E-state index is 13.8. The Labute approximate surface area is 123 Å². The molecular weight excluding hydrogens is 270 g/mol. The summed E-state index contributed by atoms with van der Waals surface area (Å²) in [6, 6.07) is 12.4. The van der Waals surface area contributed by atoms with Crippen LogP contribution in [0.25, 0.3) is 0 Å². The molecule has 3 rings (SSSR count). The van der Waals surface area contributed by atoms with E-state index in [9.17, 15) is 8.78 Å². The van der Waals surface area contributed by atoms with Gasteiger partial charge in [-0.25, -0.2) is 8.78 Å². The second-order valence-electron chi connectivity index (χ2n) is 5.31. The van der Waals surface area contributed by atoms with E-state index in [2.05, 4.69) is 11.4 Å². The average Bonchev–Trinajstić information content (AvgIpc) is 2.51. The number of nitrogens with one attached hydrogen (secondary N) is 1. The molecule has 0 bridgehead atoms. The Bertz CT molecular complexity index is 622. The number of para-hydroxylation sites is 1. The molecule has 0 radical (unpaired) electrons. The molecule has 1 N–H and O–H groups in total. The van der Waals surface area contributed by atoms with Gasteiger partial charge in [-0.1, -0.05) is 24.3 Å². The number of halogens is 2. The van der Waals surface area contributed by atoms with Gasteiger partial charge >= 0.3 is 0 Å². The van der Waals surface area contributed by atoms with Gasteiger partial charge in [-0.2, -0.15) is 0 Å². The van der Waals surface area contributed by atoms with Crippen molar-refractivity contribution in [1.82, 2.24) is 5.32 Å². The van der Waals surface area contributed by atoms with Crippen molar-refractivity contribution < 1.29 is 8.78 Å². The molecule has 2 aromatic carbocycles. The smallest absolute Gasteiger partial charge is 0.131 e. The van der Waals surface area contributed by atoms with E-state index < -0.39 is 11.6 Å². The topological polar surface area (TPSA) is 15.3 Å². The van der Waals surface area contributed by atoms with Gasteiger partial charge in [0.05, 0.1) is 0 Å². The molecule has 21 heavy (non-hydrogen) atoms.